The van der Waals surface area contributed by atoms with E-state index < -0.39 is 5.82 Å². The Labute approximate surface area is 188 Å². The van der Waals surface area contributed by atoms with Gasteiger partial charge in [0.2, 0.25) is 0 Å². The second-order valence-electron chi connectivity index (χ2n) is 7.31. The molecule has 0 aliphatic heterocycles. The van der Waals surface area contributed by atoms with E-state index in [1.807, 2.05) is 6.92 Å². The van der Waals surface area contributed by atoms with Crippen molar-refractivity contribution >= 4 is 23.4 Å². The largest absolute Gasteiger partial charge is 0.484 e. The first-order valence-corrected chi connectivity index (χ1v) is 10.6. The molecule has 4 rings (SSSR count). The lowest BCUT2D eigenvalue weighted by Gasteiger charge is -2.11. The molecule has 1 fully saturated rings. The standard InChI is InChI=1S/C22H21ClFN5O3/c1-2-25-21(30)13-3-8-16(9-4-13)29-18(12-32-19-10-5-14(23)11-17(19)24)20(27-28-29)22(31)26-15-6-7-15/h3-5,8-11,15H,2,6-7,12H2,1H3,(H,25,30)(H,26,31). The topological polar surface area (TPSA) is 98.1 Å². The molecule has 0 atom stereocenters. The van der Waals surface area contributed by atoms with Gasteiger partial charge in [0.15, 0.2) is 17.3 Å². The van der Waals surface area contributed by atoms with Crippen molar-refractivity contribution in [2.45, 2.75) is 32.4 Å². The Bertz CT molecular complexity index is 1140. The summed E-state index contributed by atoms with van der Waals surface area (Å²) in [5.74, 6) is -1.19. The highest BCUT2D eigenvalue weighted by Gasteiger charge is 2.28. The lowest BCUT2D eigenvalue weighted by Crippen LogP contribution is -2.27. The molecule has 1 aromatic heterocycles. The van der Waals surface area contributed by atoms with Crippen LogP contribution in [-0.2, 0) is 6.61 Å². The average Bonchev–Trinajstić information content (AvgIpc) is 3.49. The Hall–Kier alpha value is -3.46. The molecule has 0 spiro atoms. The van der Waals surface area contributed by atoms with Crippen LogP contribution in [0, 0.1) is 5.82 Å². The highest BCUT2D eigenvalue weighted by atomic mass is 35.5. The number of halogens is 2. The van der Waals surface area contributed by atoms with Crippen molar-refractivity contribution in [2.24, 2.45) is 0 Å². The maximum absolute atomic E-state index is 14.2. The molecule has 32 heavy (non-hydrogen) atoms. The molecule has 1 aliphatic rings. The Balaban J connectivity index is 1.63. The molecule has 0 bridgehead atoms. The number of benzene rings is 2. The van der Waals surface area contributed by atoms with E-state index in [1.165, 1.54) is 16.8 Å². The van der Waals surface area contributed by atoms with Crippen molar-refractivity contribution in [3.05, 3.63) is 70.3 Å². The van der Waals surface area contributed by atoms with Gasteiger partial charge < -0.3 is 15.4 Å². The molecule has 8 nitrogen and oxygen atoms in total. The van der Waals surface area contributed by atoms with E-state index in [0.717, 1.165) is 18.9 Å². The highest BCUT2D eigenvalue weighted by molar-refractivity contribution is 6.30. The summed E-state index contributed by atoms with van der Waals surface area (Å²) >= 11 is 5.80. The second-order valence-corrected chi connectivity index (χ2v) is 7.75. The average molecular weight is 458 g/mol. The molecule has 1 saturated carbocycles. The van der Waals surface area contributed by atoms with Gasteiger partial charge in [-0.3, -0.25) is 9.59 Å². The lowest BCUT2D eigenvalue weighted by atomic mass is 10.2. The molecule has 2 amide bonds. The molecular weight excluding hydrogens is 437 g/mol. The molecule has 0 unspecified atom stereocenters. The summed E-state index contributed by atoms with van der Waals surface area (Å²) in [6.45, 7) is 2.20. The van der Waals surface area contributed by atoms with Crippen molar-refractivity contribution in [2.75, 3.05) is 6.54 Å². The van der Waals surface area contributed by atoms with Crippen LogP contribution in [0.3, 0.4) is 0 Å². The number of aromatic nitrogens is 3. The van der Waals surface area contributed by atoms with Crippen molar-refractivity contribution in [3.63, 3.8) is 0 Å². The van der Waals surface area contributed by atoms with E-state index in [4.69, 9.17) is 16.3 Å². The molecular formula is C22H21ClFN5O3. The quantitative estimate of drug-likeness (QED) is 0.541. The lowest BCUT2D eigenvalue weighted by molar-refractivity contribution is 0.0939. The maximum atomic E-state index is 14.2. The first kappa shape index (κ1) is 21.8. The van der Waals surface area contributed by atoms with Crippen LogP contribution in [0.2, 0.25) is 5.02 Å². The number of nitrogens with one attached hydrogen (secondary N) is 2. The number of carbonyl (C=O) groups is 2. The number of amides is 2. The van der Waals surface area contributed by atoms with Gasteiger partial charge in [-0.15, -0.1) is 5.10 Å². The third kappa shape index (κ3) is 4.88. The van der Waals surface area contributed by atoms with E-state index in [0.29, 0.717) is 23.5 Å². The van der Waals surface area contributed by atoms with Gasteiger partial charge in [0.25, 0.3) is 11.8 Å². The van der Waals surface area contributed by atoms with Crippen LogP contribution in [0.25, 0.3) is 5.69 Å². The van der Waals surface area contributed by atoms with Gasteiger partial charge in [-0.2, -0.15) is 0 Å². The molecule has 3 aromatic rings. The Morgan fingerprint density at radius 3 is 2.59 bits per heavy atom. The van der Waals surface area contributed by atoms with Crippen molar-refractivity contribution in [1.82, 2.24) is 25.6 Å². The summed E-state index contributed by atoms with van der Waals surface area (Å²) in [5.41, 5.74) is 1.51. The fourth-order valence-corrected chi connectivity index (χ4v) is 3.21. The minimum Gasteiger partial charge on any atom is -0.484 e. The van der Waals surface area contributed by atoms with Crippen LogP contribution in [0.4, 0.5) is 4.39 Å². The fraction of sp³-hybridized carbons (Fsp3) is 0.273. The second kappa shape index (κ2) is 9.35. The van der Waals surface area contributed by atoms with Crippen LogP contribution >= 0.6 is 11.6 Å². The van der Waals surface area contributed by atoms with E-state index in [9.17, 15) is 14.0 Å². The molecule has 10 heteroatoms. The van der Waals surface area contributed by atoms with E-state index in [-0.39, 0.29) is 40.9 Å². The van der Waals surface area contributed by atoms with Gasteiger partial charge in [0, 0.05) is 23.2 Å². The summed E-state index contributed by atoms with van der Waals surface area (Å²) in [6.07, 6.45) is 1.84. The van der Waals surface area contributed by atoms with Crippen LogP contribution in [0.5, 0.6) is 5.75 Å². The zero-order chi connectivity index (χ0) is 22.7. The first-order valence-electron chi connectivity index (χ1n) is 10.2. The molecule has 0 saturated heterocycles. The number of ether oxygens (including phenoxy) is 1. The van der Waals surface area contributed by atoms with Gasteiger partial charge >= 0.3 is 0 Å². The first-order chi connectivity index (χ1) is 15.5. The van der Waals surface area contributed by atoms with Crippen LogP contribution in [0.1, 0.15) is 46.3 Å². The summed E-state index contributed by atoms with van der Waals surface area (Å²) in [4.78, 5) is 24.7. The Morgan fingerprint density at radius 2 is 1.94 bits per heavy atom. The Morgan fingerprint density at radius 1 is 1.19 bits per heavy atom. The maximum Gasteiger partial charge on any atom is 0.274 e. The molecule has 2 N–H and O–H groups in total. The molecule has 0 radical (unpaired) electrons. The predicted molar refractivity (Wildman–Crippen MR) is 116 cm³/mol. The predicted octanol–water partition coefficient (Wildman–Crippen LogP) is 3.28. The summed E-state index contributed by atoms with van der Waals surface area (Å²) in [5, 5.41) is 14.0. The van der Waals surface area contributed by atoms with Crippen LogP contribution < -0.4 is 15.4 Å². The SMILES string of the molecule is CCNC(=O)c1ccc(-n2nnc(C(=O)NC3CC3)c2COc2ccc(Cl)cc2F)cc1. The number of hydrogen-bond donors (Lipinski definition) is 2. The molecule has 166 valence electrons. The molecule has 1 heterocycles. The fourth-order valence-electron chi connectivity index (χ4n) is 3.05. The van der Waals surface area contributed by atoms with Crippen molar-refractivity contribution < 1.29 is 18.7 Å². The van der Waals surface area contributed by atoms with Crippen LogP contribution in [0.15, 0.2) is 42.5 Å². The number of nitrogens with zero attached hydrogens (tertiary/aromatic N) is 3. The number of rotatable bonds is 8. The van der Waals surface area contributed by atoms with Crippen molar-refractivity contribution in [1.29, 1.82) is 0 Å². The van der Waals surface area contributed by atoms with Gasteiger partial charge in [-0.1, -0.05) is 16.8 Å². The van der Waals surface area contributed by atoms with Gasteiger partial charge in [0.1, 0.15) is 12.3 Å². The van der Waals surface area contributed by atoms with Crippen LogP contribution in [-0.4, -0.2) is 39.4 Å². The number of hydrogen-bond acceptors (Lipinski definition) is 5. The van der Waals surface area contributed by atoms with Crippen molar-refractivity contribution in [3.8, 4) is 11.4 Å². The molecule has 2 aromatic carbocycles. The minimum absolute atomic E-state index is 0.0118. The van der Waals surface area contributed by atoms with Gasteiger partial charge in [-0.05, 0) is 62.2 Å². The summed E-state index contributed by atoms with van der Waals surface area (Å²) < 4.78 is 21.2. The Kier molecular flexibility index (Phi) is 6.36. The normalized spacial score (nSPS) is 13.0. The monoisotopic (exact) mass is 457 g/mol. The zero-order valence-corrected chi connectivity index (χ0v) is 18.0. The van der Waals surface area contributed by atoms with Gasteiger partial charge in [-0.25, -0.2) is 9.07 Å². The third-order valence-electron chi connectivity index (χ3n) is 4.86. The molecule has 1 aliphatic carbocycles. The third-order valence-corrected chi connectivity index (χ3v) is 5.10. The van der Waals surface area contributed by atoms with Gasteiger partial charge in [0.05, 0.1) is 5.69 Å². The van der Waals surface area contributed by atoms with E-state index >= 15 is 0 Å². The zero-order valence-electron chi connectivity index (χ0n) is 17.3. The number of carbonyl (C=O) groups excluding carboxylic acids is 2. The smallest absolute Gasteiger partial charge is 0.274 e. The van der Waals surface area contributed by atoms with E-state index in [1.54, 1.807) is 24.3 Å². The minimum atomic E-state index is -0.619. The summed E-state index contributed by atoms with van der Waals surface area (Å²) in [6, 6.07) is 10.9. The van der Waals surface area contributed by atoms with E-state index in [2.05, 4.69) is 20.9 Å². The highest BCUT2D eigenvalue weighted by Crippen LogP contribution is 2.24. The summed E-state index contributed by atoms with van der Waals surface area (Å²) in [7, 11) is 0.